The Labute approximate surface area is 154 Å². The van der Waals surface area contributed by atoms with Crippen molar-refractivity contribution in [3.8, 4) is 5.75 Å². The molecule has 2 saturated heterocycles. The van der Waals surface area contributed by atoms with Crippen molar-refractivity contribution in [2.75, 3.05) is 50.7 Å². The van der Waals surface area contributed by atoms with Crippen LogP contribution in [0.2, 0.25) is 0 Å². The number of benzene rings is 1. The Kier molecular flexibility index (Phi) is 5.85. The smallest absolute Gasteiger partial charge is 0.317 e. The highest BCUT2D eigenvalue weighted by molar-refractivity contribution is 5.75. The van der Waals surface area contributed by atoms with E-state index in [1.165, 1.54) is 0 Å². The van der Waals surface area contributed by atoms with Crippen LogP contribution in [0, 0.1) is 5.92 Å². The molecule has 2 N–H and O–H groups in total. The molecule has 2 aliphatic heterocycles. The number of hydrogen-bond donors (Lipinski definition) is 2. The van der Waals surface area contributed by atoms with Crippen molar-refractivity contribution >= 4 is 17.6 Å². The molecule has 7 nitrogen and oxygen atoms in total. The van der Waals surface area contributed by atoms with Gasteiger partial charge in [-0.05, 0) is 30.9 Å². The lowest BCUT2D eigenvalue weighted by atomic mass is 9.98. The number of carbonyl (C=O) groups is 2. The van der Waals surface area contributed by atoms with Crippen molar-refractivity contribution in [3.05, 3.63) is 24.3 Å². The minimum absolute atomic E-state index is 0.0273. The van der Waals surface area contributed by atoms with Crippen LogP contribution in [0.25, 0.3) is 0 Å². The number of phenolic OH excluding ortho intramolecular Hbond substituents is 1. The van der Waals surface area contributed by atoms with Crippen LogP contribution in [0.4, 0.5) is 10.5 Å². The molecule has 0 radical (unpaired) electrons. The molecule has 26 heavy (non-hydrogen) atoms. The van der Waals surface area contributed by atoms with Crippen molar-refractivity contribution in [1.82, 2.24) is 15.1 Å². The van der Waals surface area contributed by atoms with E-state index >= 15 is 0 Å². The Bertz CT molecular complexity index is 643. The van der Waals surface area contributed by atoms with Crippen molar-refractivity contribution < 1.29 is 14.7 Å². The number of likely N-dealkylation sites (tertiary alicyclic amines) is 1. The predicted molar refractivity (Wildman–Crippen MR) is 100 cm³/mol. The fourth-order valence-corrected chi connectivity index (χ4v) is 3.72. The molecule has 3 amide bonds. The molecule has 0 spiro atoms. The first-order chi connectivity index (χ1) is 12.5. The standard InChI is InChI=1S/C19H28N4O3/c1-15(24)23-7-3-4-16(14-23)13-20-19(26)22-10-8-21(9-11-22)17-5-2-6-18(25)12-17/h2,5-6,12,16,25H,3-4,7-11,13-14H2,1H3,(H,20,26)/t16-/m0/s1. The second kappa shape index (κ2) is 8.29. The molecular formula is C19H28N4O3. The van der Waals surface area contributed by atoms with Gasteiger partial charge in [-0.2, -0.15) is 0 Å². The highest BCUT2D eigenvalue weighted by Crippen LogP contribution is 2.21. The normalized spacial score (nSPS) is 20.8. The fourth-order valence-electron chi connectivity index (χ4n) is 3.72. The van der Waals surface area contributed by atoms with E-state index in [1.54, 1.807) is 19.1 Å². The van der Waals surface area contributed by atoms with Crippen LogP contribution < -0.4 is 10.2 Å². The largest absolute Gasteiger partial charge is 0.508 e. The van der Waals surface area contributed by atoms with Crippen LogP contribution in [0.5, 0.6) is 5.75 Å². The Morgan fingerprint density at radius 3 is 2.62 bits per heavy atom. The highest BCUT2D eigenvalue weighted by atomic mass is 16.3. The van der Waals surface area contributed by atoms with Gasteiger partial charge < -0.3 is 25.1 Å². The Hall–Kier alpha value is -2.44. The minimum atomic E-state index is -0.0273. The minimum Gasteiger partial charge on any atom is -0.508 e. The fraction of sp³-hybridized carbons (Fsp3) is 0.579. The van der Waals surface area contributed by atoms with E-state index < -0.39 is 0 Å². The molecule has 2 heterocycles. The van der Waals surface area contributed by atoms with Gasteiger partial charge in [-0.1, -0.05) is 6.07 Å². The van der Waals surface area contributed by atoms with E-state index in [1.807, 2.05) is 21.9 Å². The first-order valence-electron chi connectivity index (χ1n) is 9.35. The number of nitrogens with one attached hydrogen (secondary N) is 1. The van der Waals surface area contributed by atoms with Gasteiger partial charge in [0.1, 0.15) is 5.75 Å². The van der Waals surface area contributed by atoms with Crippen molar-refractivity contribution in [3.63, 3.8) is 0 Å². The lowest BCUT2D eigenvalue weighted by Crippen LogP contribution is -2.53. The van der Waals surface area contributed by atoms with Crippen LogP contribution in [0.3, 0.4) is 0 Å². The molecule has 1 atom stereocenters. The molecule has 142 valence electrons. The van der Waals surface area contributed by atoms with E-state index in [4.69, 9.17) is 0 Å². The lowest BCUT2D eigenvalue weighted by Gasteiger charge is -2.37. The maximum Gasteiger partial charge on any atom is 0.317 e. The van der Waals surface area contributed by atoms with Gasteiger partial charge in [0.15, 0.2) is 0 Å². The van der Waals surface area contributed by atoms with E-state index in [9.17, 15) is 14.7 Å². The van der Waals surface area contributed by atoms with Gasteiger partial charge in [0.2, 0.25) is 5.91 Å². The maximum atomic E-state index is 12.4. The summed E-state index contributed by atoms with van der Waals surface area (Å²) in [5.41, 5.74) is 0.983. The lowest BCUT2D eigenvalue weighted by molar-refractivity contribution is -0.130. The number of piperazine rings is 1. The first-order valence-corrected chi connectivity index (χ1v) is 9.35. The molecule has 0 unspecified atom stereocenters. The average molecular weight is 360 g/mol. The van der Waals surface area contributed by atoms with Crippen LogP contribution >= 0.6 is 0 Å². The molecule has 1 aromatic rings. The number of urea groups is 1. The third-order valence-electron chi connectivity index (χ3n) is 5.27. The molecule has 0 aromatic heterocycles. The number of nitrogens with zero attached hydrogens (tertiary/aromatic N) is 3. The van der Waals surface area contributed by atoms with Crippen LogP contribution in [-0.2, 0) is 4.79 Å². The van der Waals surface area contributed by atoms with Crippen LogP contribution in [0.15, 0.2) is 24.3 Å². The van der Waals surface area contributed by atoms with Gasteiger partial charge in [0.25, 0.3) is 0 Å². The molecule has 0 bridgehead atoms. The van der Waals surface area contributed by atoms with Crippen molar-refractivity contribution in [2.45, 2.75) is 19.8 Å². The number of amides is 3. The number of carbonyl (C=O) groups excluding carboxylic acids is 2. The molecule has 0 aliphatic carbocycles. The van der Waals surface area contributed by atoms with E-state index in [0.29, 0.717) is 25.6 Å². The summed E-state index contributed by atoms with van der Waals surface area (Å²) in [7, 11) is 0. The first kappa shape index (κ1) is 18.4. The molecular weight excluding hydrogens is 332 g/mol. The van der Waals surface area contributed by atoms with Crippen molar-refractivity contribution in [2.24, 2.45) is 5.92 Å². The Balaban J connectivity index is 1.43. The van der Waals surface area contributed by atoms with Crippen molar-refractivity contribution in [1.29, 1.82) is 0 Å². The molecule has 2 aliphatic rings. The molecule has 1 aromatic carbocycles. The van der Waals surface area contributed by atoms with Gasteiger partial charge in [-0.3, -0.25) is 4.79 Å². The molecule has 2 fully saturated rings. The number of aromatic hydroxyl groups is 1. The zero-order valence-corrected chi connectivity index (χ0v) is 15.4. The van der Waals surface area contributed by atoms with Gasteiger partial charge >= 0.3 is 6.03 Å². The monoisotopic (exact) mass is 360 g/mol. The zero-order valence-electron chi connectivity index (χ0n) is 15.4. The number of piperidine rings is 1. The summed E-state index contributed by atoms with van der Waals surface area (Å²) in [6.07, 6.45) is 2.05. The predicted octanol–water partition coefficient (Wildman–Crippen LogP) is 1.48. The summed E-state index contributed by atoms with van der Waals surface area (Å²) in [6.45, 7) is 6.61. The second-order valence-electron chi connectivity index (χ2n) is 7.15. The number of rotatable bonds is 3. The second-order valence-corrected chi connectivity index (χ2v) is 7.15. The number of phenols is 1. The maximum absolute atomic E-state index is 12.4. The Morgan fingerprint density at radius 1 is 1.15 bits per heavy atom. The summed E-state index contributed by atoms with van der Waals surface area (Å²) in [5, 5.41) is 12.6. The quantitative estimate of drug-likeness (QED) is 0.856. The zero-order chi connectivity index (χ0) is 18.5. The summed E-state index contributed by atoms with van der Waals surface area (Å²) in [4.78, 5) is 29.8. The van der Waals surface area contributed by atoms with E-state index in [-0.39, 0.29) is 17.7 Å². The van der Waals surface area contributed by atoms with E-state index in [2.05, 4.69) is 10.2 Å². The third kappa shape index (κ3) is 4.59. The molecule has 0 saturated carbocycles. The van der Waals surface area contributed by atoms with Gasteiger partial charge in [0, 0.05) is 64.5 Å². The summed E-state index contributed by atoms with van der Waals surface area (Å²) >= 11 is 0. The molecule has 3 rings (SSSR count). The number of hydrogen-bond acceptors (Lipinski definition) is 4. The SMILES string of the molecule is CC(=O)N1CCC[C@@H](CNC(=O)N2CCN(c3cccc(O)c3)CC2)C1. The third-order valence-corrected chi connectivity index (χ3v) is 5.27. The van der Waals surface area contributed by atoms with Crippen LogP contribution in [0.1, 0.15) is 19.8 Å². The Morgan fingerprint density at radius 2 is 1.92 bits per heavy atom. The van der Waals surface area contributed by atoms with Crippen LogP contribution in [-0.4, -0.2) is 72.7 Å². The van der Waals surface area contributed by atoms with Gasteiger partial charge in [-0.25, -0.2) is 4.79 Å². The summed E-state index contributed by atoms with van der Waals surface area (Å²) < 4.78 is 0. The van der Waals surface area contributed by atoms with Gasteiger partial charge in [-0.15, -0.1) is 0 Å². The average Bonchev–Trinajstić information content (AvgIpc) is 2.66. The van der Waals surface area contributed by atoms with Gasteiger partial charge in [0.05, 0.1) is 0 Å². The molecule has 7 heteroatoms. The van der Waals surface area contributed by atoms with E-state index in [0.717, 1.165) is 44.7 Å². The highest BCUT2D eigenvalue weighted by Gasteiger charge is 2.24. The summed E-state index contributed by atoms with van der Waals surface area (Å²) in [6, 6.07) is 7.18. The number of anilines is 1. The summed E-state index contributed by atoms with van der Waals surface area (Å²) in [5.74, 6) is 0.712. The topological polar surface area (TPSA) is 76.1 Å².